The molecule has 0 spiro atoms. The smallest absolute Gasteiger partial charge is 0.196 e. The minimum Gasteiger partial charge on any atom is -0.289 e. The maximum absolute atomic E-state index is 12.3. The highest BCUT2D eigenvalue weighted by atomic mass is 35.5. The molecule has 0 atom stereocenters. The van der Waals surface area contributed by atoms with Crippen LogP contribution in [-0.4, -0.2) is 11.6 Å². The number of hydrogen-bond donors (Lipinski definition) is 0. The largest absolute Gasteiger partial charge is 0.289 e. The minimum atomic E-state index is -0.234. The summed E-state index contributed by atoms with van der Waals surface area (Å²) in [6, 6.07) is 9.53. The average molecular weight is 277 g/mol. The molecule has 88 valence electrons. The quantitative estimate of drug-likeness (QED) is 0.626. The van der Waals surface area contributed by atoms with Crippen LogP contribution in [0.2, 0.25) is 10.0 Å². The van der Waals surface area contributed by atoms with Crippen LogP contribution in [0.4, 0.5) is 0 Å². The van der Waals surface area contributed by atoms with Crippen LogP contribution in [0.25, 0.3) is 0 Å². The van der Waals surface area contributed by atoms with Gasteiger partial charge in [0.1, 0.15) is 0 Å². The van der Waals surface area contributed by atoms with Crippen molar-refractivity contribution in [2.75, 3.05) is 0 Å². The zero-order valence-corrected chi connectivity index (χ0v) is 10.5. The summed E-state index contributed by atoms with van der Waals surface area (Å²) in [5.74, 6) is -0.452. The molecule has 0 amide bonds. The number of carbonyl (C=O) groups is 2. The number of fused-ring (bicyclic) bond motifs is 2. The van der Waals surface area contributed by atoms with Gasteiger partial charge in [0.15, 0.2) is 11.6 Å². The first-order valence-electron chi connectivity index (χ1n) is 5.27. The maximum atomic E-state index is 12.3. The van der Waals surface area contributed by atoms with Crippen molar-refractivity contribution >= 4 is 34.8 Å². The molecule has 0 saturated carbocycles. The molecule has 0 saturated heterocycles. The summed E-state index contributed by atoms with van der Waals surface area (Å²) < 4.78 is 0. The lowest BCUT2D eigenvalue weighted by Gasteiger charge is -2.18. The summed E-state index contributed by atoms with van der Waals surface area (Å²) in [4.78, 5) is 24.6. The summed E-state index contributed by atoms with van der Waals surface area (Å²) in [5.41, 5.74) is 1.30. The first kappa shape index (κ1) is 11.5. The van der Waals surface area contributed by atoms with Crippen LogP contribution >= 0.6 is 23.2 Å². The third-order valence-electron chi connectivity index (χ3n) is 2.96. The fourth-order valence-corrected chi connectivity index (χ4v) is 2.56. The Morgan fingerprint density at radius 3 is 2.33 bits per heavy atom. The topological polar surface area (TPSA) is 34.1 Å². The van der Waals surface area contributed by atoms with E-state index < -0.39 is 0 Å². The maximum Gasteiger partial charge on any atom is 0.196 e. The van der Waals surface area contributed by atoms with Crippen molar-refractivity contribution in [1.82, 2.24) is 0 Å². The van der Waals surface area contributed by atoms with Gasteiger partial charge in [0.05, 0.1) is 10.6 Å². The molecule has 2 nitrogen and oxygen atoms in total. The molecule has 1 aliphatic carbocycles. The van der Waals surface area contributed by atoms with Gasteiger partial charge in [-0.1, -0.05) is 35.3 Å². The van der Waals surface area contributed by atoms with Crippen molar-refractivity contribution in [2.45, 2.75) is 0 Å². The van der Waals surface area contributed by atoms with Crippen LogP contribution in [0.5, 0.6) is 0 Å². The van der Waals surface area contributed by atoms with Gasteiger partial charge in [-0.2, -0.15) is 0 Å². The predicted octanol–water partition coefficient (Wildman–Crippen LogP) is 3.77. The van der Waals surface area contributed by atoms with E-state index in [9.17, 15) is 9.59 Å². The number of benzene rings is 2. The van der Waals surface area contributed by atoms with Crippen molar-refractivity contribution in [1.29, 1.82) is 0 Å². The SMILES string of the molecule is O=C1c2cc(Cl)ccc2C(=O)c2c(Cl)cccc21. The lowest BCUT2D eigenvalue weighted by Crippen LogP contribution is -2.21. The molecule has 2 aromatic carbocycles. The number of ketones is 2. The second-order valence-corrected chi connectivity index (χ2v) is 4.85. The normalized spacial score (nSPS) is 13.2. The monoisotopic (exact) mass is 276 g/mol. The summed E-state index contributed by atoms with van der Waals surface area (Å²) in [6.07, 6.45) is 0. The van der Waals surface area contributed by atoms with E-state index in [0.717, 1.165) is 0 Å². The Labute approximate surface area is 113 Å². The van der Waals surface area contributed by atoms with Crippen LogP contribution in [0.1, 0.15) is 31.8 Å². The fraction of sp³-hybridized carbons (Fsp3) is 0. The molecule has 0 unspecified atom stereocenters. The van der Waals surface area contributed by atoms with Crippen LogP contribution < -0.4 is 0 Å². The molecule has 4 heteroatoms. The van der Waals surface area contributed by atoms with E-state index in [1.54, 1.807) is 30.3 Å². The number of halogens is 2. The molecule has 2 aromatic rings. The molecule has 1 aliphatic rings. The van der Waals surface area contributed by atoms with E-state index in [4.69, 9.17) is 23.2 Å². The molecule has 18 heavy (non-hydrogen) atoms. The van der Waals surface area contributed by atoms with Gasteiger partial charge in [-0.15, -0.1) is 0 Å². The third-order valence-corrected chi connectivity index (χ3v) is 3.51. The van der Waals surface area contributed by atoms with Crippen molar-refractivity contribution in [3.63, 3.8) is 0 Å². The van der Waals surface area contributed by atoms with Gasteiger partial charge in [0.2, 0.25) is 0 Å². The zero-order valence-electron chi connectivity index (χ0n) is 9.04. The molecule has 0 bridgehead atoms. The van der Waals surface area contributed by atoms with Gasteiger partial charge < -0.3 is 0 Å². The summed E-state index contributed by atoms with van der Waals surface area (Å²) in [7, 11) is 0. The van der Waals surface area contributed by atoms with E-state index in [2.05, 4.69) is 0 Å². The van der Waals surface area contributed by atoms with Gasteiger partial charge in [-0.3, -0.25) is 9.59 Å². The van der Waals surface area contributed by atoms with E-state index in [1.807, 2.05) is 0 Å². The summed E-state index contributed by atoms with van der Waals surface area (Å²) in [6.45, 7) is 0. The number of hydrogen-bond acceptors (Lipinski definition) is 2. The Balaban J connectivity index is 2.35. The molecular formula is C14H6Cl2O2. The van der Waals surface area contributed by atoms with E-state index in [0.29, 0.717) is 26.7 Å². The van der Waals surface area contributed by atoms with Crippen molar-refractivity contribution in [2.24, 2.45) is 0 Å². The molecule has 0 radical (unpaired) electrons. The van der Waals surface area contributed by atoms with E-state index in [1.165, 1.54) is 6.07 Å². The van der Waals surface area contributed by atoms with Crippen LogP contribution in [-0.2, 0) is 0 Å². The van der Waals surface area contributed by atoms with Gasteiger partial charge >= 0.3 is 0 Å². The van der Waals surface area contributed by atoms with E-state index >= 15 is 0 Å². The average Bonchev–Trinajstić information content (AvgIpc) is 2.35. The van der Waals surface area contributed by atoms with Crippen LogP contribution in [0.3, 0.4) is 0 Å². The standard InChI is InChI=1S/C14H6Cl2O2/c15-7-4-5-8-10(6-7)13(17)9-2-1-3-11(16)12(9)14(8)18/h1-6H. The highest BCUT2D eigenvalue weighted by molar-refractivity contribution is 6.39. The molecule has 0 heterocycles. The lowest BCUT2D eigenvalue weighted by atomic mass is 9.84. The molecule has 0 aromatic heterocycles. The third kappa shape index (κ3) is 1.50. The molecule has 0 N–H and O–H groups in total. The Kier molecular flexibility index (Phi) is 2.51. The first-order valence-corrected chi connectivity index (χ1v) is 6.02. The molecule has 0 aliphatic heterocycles. The molecular weight excluding hydrogens is 271 g/mol. The lowest BCUT2D eigenvalue weighted by molar-refractivity contribution is 0.0979. The Morgan fingerprint density at radius 2 is 1.56 bits per heavy atom. The first-order chi connectivity index (χ1) is 8.59. The Hall–Kier alpha value is -1.64. The van der Waals surface area contributed by atoms with Gasteiger partial charge in [-0.05, 0) is 24.3 Å². The van der Waals surface area contributed by atoms with Crippen LogP contribution in [0, 0.1) is 0 Å². The van der Waals surface area contributed by atoms with Gasteiger partial charge in [0.25, 0.3) is 0 Å². The van der Waals surface area contributed by atoms with Crippen molar-refractivity contribution in [3.05, 3.63) is 68.7 Å². The molecule has 0 fully saturated rings. The van der Waals surface area contributed by atoms with Gasteiger partial charge in [-0.25, -0.2) is 0 Å². The van der Waals surface area contributed by atoms with E-state index in [-0.39, 0.29) is 17.1 Å². The zero-order chi connectivity index (χ0) is 12.9. The van der Waals surface area contributed by atoms with Crippen molar-refractivity contribution < 1.29 is 9.59 Å². The number of carbonyl (C=O) groups excluding carboxylic acids is 2. The van der Waals surface area contributed by atoms with Crippen LogP contribution in [0.15, 0.2) is 36.4 Å². The predicted molar refractivity (Wildman–Crippen MR) is 69.8 cm³/mol. The Bertz CT molecular complexity index is 701. The minimum absolute atomic E-state index is 0.218. The van der Waals surface area contributed by atoms with Gasteiger partial charge in [0, 0.05) is 21.7 Å². The van der Waals surface area contributed by atoms with Crippen molar-refractivity contribution in [3.8, 4) is 0 Å². The highest BCUT2D eigenvalue weighted by Crippen LogP contribution is 2.32. The fourth-order valence-electron chi connectivity index (χ4n) is 2.13. The number of rotatable bonds is 0. The highest BCUT2D eigenvalue weighted by Gasteiger charge is 2.31. The molecule has 3 rings (SSSR count). The summed E-state index contributed by atoms with van der Waals surface area (Å²) in [5, 5.41) is 0.729. The second kappa shape index (κ2) is 3.94. The second-order valence-electron chi connectivity index (χ2n) is 4.01. The summed E-state index contributed by atoms with van der Waals surface area (Å²) >= 11 is 11.9. The Morgan fingerprint density at radius 1 is 0.778 bits per heavy atom.